The first-order valence-corrected chi connectivity index (χ1v) is 8.05. The third-order valence-corrected chi connectivity index (χ3v) is 3.94. The van der Waals surface area contributed by atoms with Gasteiger partial charge >= 0.3 is 0 Å². The minimum Gasteiger partial charge on any atom is -0.370 e. The average molecular weight is 327 g/mol. The Morgan fingerprint density at radius 2 is 2.04 bits per heavy atom. The van der Waals surface area contributed by atoms with E-state index in [1.807, 2.05) is 51.4 Å². The summed E-state index contributed by atoms with van der Waals surface area (Å²) in [5, 5.41) is 7.45. The van der Waals surface area contributed by atoms with Gasteiger partial charge in [0, 0.05) is 18.2 Å². The van der Waals surface area contributed by atoms with Crippen molar-refractivity contribution in [2.45, 2.75) is 13.3 Å². The van der Waals surface area contributed by atoms with Crippen molar-refractivity contribution < 1.29 is 4.39 Å². The van der Waals surface area contributed by atoms with Gasteiger partial charge in [0.15, 0.2) is 11.5 Å². The molecule has 0 radical (unpaired) electrons. The molecule has 6 heteroatoms. The largest absolute Gasteiger partial charge is 0.370 e. The van der Waals surface area contributed by atoms with E-state index in [1.165, 1.54) is 10.7 Å². The number of fused-ring (bicyclic) bond motifs is 1. The van der Waals surface area contributed by atoms with Crippen molar-refractivity contribution in [2.75, 3.05) is 32.5 Å². The van der Waals surface area contributed by atoms with Crippen LogP contribution in [0.3, 0.4) is 0 Å². The van der Waals surface area contributed by atoms with Crippen LogP contribution in [0.25, 0.3) is 16.9 Å². The third kappa shape index (κ3) is 3.38. The normalized spacial score (nSPS) is 11.4. The Morgan fingerprint density at radius 1 is 1.25 bits per heavy atom. The Morgan fingerprint density at radius 3 is 2.79 bits per heavy atom. The second kappa shape index (κ2) is 6.97. The zero-order valence-corrected chi connectivity index (χ0v) is 14.3. The van der Waals surface area contributed by atoms with Crippen LogP contribution in [0.1, 0.15) is 12.0 Å². The van der Waals surface area contributed by atoms with Crippen LogP contribution in [0.5, 0.6) is 0 Å². The van der Waals surface area contributed by atoms with Gasteiger partial charge in [0.1, 0.15) is 5.82 Å². The van der Waals surface area contributed by atoms with Crippen LogP contribution in [0.2, 0.25) is 0 Å². The molecule has 5 nitrogen and oxygen atoms in total. The molecule has 0 aliphatic rings. The molecule has 2 heterocycles. The molecule has 2 aromatic heterocycles. The standard InChI is InChI=1S/C18H22FN5/c1-13-7-4-5-8-14(13)16-11-17(20-9-6-10-23(2)3)24-18(22-16)15(19)12-21-24/h4-5,7-8,11-12,20H,6,9-10H2,1-3H3. The second-order valence-electron chi connectivity index (χ2n) is 6.15. The van der Waals surface area contributed by atoms with Gasteiger partial charge in [-0.1, -0.05) is 24.3 Å². The fourth-order valence-corrected chi connectivity index (χ4v) is 2.67. The van der Waals surface area contributed by atoms with E-state index in [0.29, 0.717) is 0 Å². The highest BCUT2D eigenvalue weighted by Crippen LogP contribution is 2.25. The van der Waals surface area contributed by atoms with Gasteiger partial charge in [-0.2, -0.15) is 9.61 Å². The molecular weight excluding hydrogens is 305 g/mol. The number of hydrogen-bond donors (Lipinski definition) is 1. The third-order valence-electron chi connectivity index (χ3n) is 3.94. The summed E-state index contributed by atoms with van der Waals surface area (Å²) in [5.41, 5.74) is 3.09. The summed E-state index contributed by atoms with van der Waals surface area (Å²) in [4.78, 5) is 6.60. The van der Waals surface area contributed by atoms with Crippen LogP contribution in [-0.4, -0.2) is 46.7 Å². The highest BCUT2D eigenvalue weighted by Gasteiger charge is 2.13. The number of aryl methyl sites for hydroxylation is 1. The zero-order valence-electron chi connectivity index (χ0n) is 14.3. The SMILES string of the molecule is Cc1ccccc1-c1cc(NCCCN(C)C)n2ncc(F)c2n1. The molecule has 0 fully saturated rings. The summed E-state index contributed by atoms with van der Waals surface area (Å²) >= 11 is 0. The van der Waals surface area contributed by atoms with Crippen LogP contribution >= 0.6 is 0 Å². The average Bonchev–Trinajstić information content (AvgIpc) is 2.93. The van der Waals surface area contributed by atoms with E-state index in [1.54, 1.807) is 0 Å². The van der Waals surface area contributed by atoms with Gasteiger partial charge in [0.05, 0.1) is 11.9 Å². The molecule has 0 saturated carbocycles. The van der Waals surface area contributed by atoms with Gasteiger partial charge in [-0.05, 0) is 39.5 Å². The van der Waals surface area contributed by atoms with Crippen LogP contribution in [-0.2, 0) is 0 Å². The van der Waals surface area contributed by atoms with Crippen molar-refractivity contribution in [3.05, 3.63) is 47.9 Å². The van der Waals surface area contributed by atoms with E-state index >= 15 is 0 Å². The van der Waals surface area contributed by atoms with Gasteiger partial charge in [-0.3, -0.25) is 0 Å². The lowest BCUT2D eigenvalue weighted by Gasteiger charge is -2.13. The van der Waals surface area contributed by atoms with Crippen molar-refractivity contribution in [2.24, 2.45) is 0 Å². The maximum absolute atomic E-state index is 14.0. The smallest absolute Gasteiger partial charge is 0.194 e. The number of nitrogens with one attached hydrogen (secondary N) is 1. The molecule has 0 aliphatic carbocycles. The summed E-state index contributed by atoms with van der Waals surface area (Å²) in [6.45, 7) is 3.80. The summed E-state index contributed by atoms with van der Waals surface area (Å²) in [7, 11) is 4.09. The molecule has 0 unspecified atom stereocenters. The molecule has 3 aromatic rings. The van der Waals surface area contributed by atoms with Crippen molar-refractivity contribution >= 4 is 11.5 Å². The molecule has 0 amide bonds. The number of halogens is 1. The van der Waals surface area contributed by atoms with E-state index < -0.39 is 5.82 Å². The summed E-state index contributed by atoms with van der Waals surface area (Å²) < 4.78 is 15.6. The van der Waals surface area contributed by atoms with Crippen LogP contribution in [0.4, 0.5) is 10.2 Å². The van der Waals surface area contributed by atoms with Crippen LogP contribution < -0.4 is 5.32 Å². The Balaban J connectivity index is 1.96. The molecule has 1 aromatic carbocycles. The van der Waals surface area contributed by atoms with Gasteiger partial charge in [0.25, 0.3) is 0 Å². The van der Waals surface area contributed by atoms with E-state index in [9.17, 15) is 4.39 Å². The van der Waals surface area contributed by atoms with Crippen molar-refractivity contribution in [1.82, 2.24) is 19.5 Å². The van der Waals surface area contributed by atoms with Gasteiger partial charge in [-0.25, -0.2) is 9.37 Å². The highest BCUT2D eigenvalue weighted by molar-refractivity contribution is 5.69. The van der Waals surface area contributed by atoms with E-state index in [4.69, 9.17) is 0 Å². The molecule has 3 rings (SSSR count). The monoisotopic (exact) mass is 327 g/mol. The second-order valence-corrected chi connectivity index (χ2v) is 6.15. The number of rotatable bonds is 6. The lowest BCUT2D eigenvalue weighted by Crippen LogP contribution is -2.17. The number of benzene rings is 1. The molecule has 0 atom stereocenters. The first-order chi connectivity index (χ1) is 11.6. The minimum absolute atomic E-state index is 0.242. The van der Waals surface area contributed by atoms with E-state index in [2.05, 4.69) is 20.3 Å². The maximum atomic E-state index is 14.0. The van der Waals surface area contributed by atoms with Crippen LogP contribution in [0.15, 0.2) is 36.5 Å². The molecule has 0 spiro atoms. The Bertz CT molecular complexity index is 841. The number of anilines is 1. The number of hydrogen-bond acceptors (Lipinski definition) is 4. The Kier molecular flexibility index (Phi) is 4.76. The highest BCUT2D eigenvalue weighted by atomic mass is 19.1. The van der Waals surface area contributed by atoms with Gasteiger partial charge < -0.3 is 10.2 Å². The van der Waals surface area contributed by atoms with Crippen LogP contribution in [0, 0.1) is 12.7 Å². The maximum Gasteiger partial charge on any atom is 0.194 e. The number of aromatic nitrogens is 3. The quantitative estimate of drug-likeness (QED) is 0.706. The fraction of sp³-hybridized carbons (Fsp3) is 0.333. The molecule has 0 bridgehead atoms. The lowest BCUT2D eigenvalue weighted by molar-refractivity contribution is 0.405. The van der Waals surface area contributed by atoms with Crippen molar-refractivity contribution in [1.29, 1.82) is 0 Å². The predicted molar refractivity (Wildman–Crippen MR) is 94.8 cm³/mol. The van der Waals surface area contributed by atoms with Crippen molar-refractivity contribution in [3.8, 4) is 11.3 Å². The summed E-state index contributed by atoms with van der Waals surface area (Å²) in [5.74, 6) is 0.336. The molecule has 1 N–H and O–H groups in total. The van der Waals surface area contributed by atoms with Gasteiger partial charge in [-0.15, -0.1) is 0 Å². The first kappa shape index (κ1) is 16.4. The fourth-order valence-electron chi connectivity index (χ4n) is 2.67. The Hall–Kier alpha value is -2.47. The molecule has 126 valence electrons. The summed E-state index contributed by atoms with van der Waals surface area (Å²) in [6, 6.07) is 9.90. The van der Waals surface area contributed by atoms with E-state index in [-0.39, 0.29) is 5.65 Å². The first-order valence-electron chi connectivity index (χ1n) is 8.05. The molecule has 0 saturated heterocycles. The Labute approximate surface area is 141 Å². The minimum atomic E-state index is -0.415. The predicted octanol–water partition coefficient (Wildman–Crippen LogP) is 3.21. The number of nitrogens with zero attached hydrogens (tertiary/aromatic N) is 4. The summed E-state index contributed by atoms with van der Waals surface area (Å²) in [6.07, 6.45) is 2.19. The zero-order chi connectivity index (χ0) is 17.1. The van der Waals surface area contributed by atoms with E-state index in [0.717, 1.165) is 42.1 Å². The lowest BCUT2D eigenvalue weighted by atomic mass is 10.1. The molecule has 24 heavy (non-hydrogen) atoms. The van der Waals surface area contributed by atoms with Gasteiger partial charge in [0.2, 0.25) is 0 Å². The molecule has 0 aliphatic heterocycles. The van der Waals surface area contributed by atoms with Crippen molar-refractivity contribution in [3.63, 3.8) is 0 Å². The topological polar surface area (TPSA) is 45.5 Å². The molecular formula is C18H22FN5.